The summed E-state index contributed by atoms with van der Waals surface area (Å²) in [5.41, 5.74) is 2.08. The molecule has 0 amide bonds. The molecule has 0 unspecified atom stereocenters. The van der Waals surface area contributed by atoms with Crippen LogP contribution in [0, 0.1) is 5.92 Å². The summed E-state index contributed by atoms with van der Waals surface area (Å²) in [6.45, 7) is 11.3. The number of thiazole rings is 1. The van der Waals surface area contributed by atoms with Crippen molar-refractivity contribution in [2.24, 2.45) is 5.92 Å². The minimum absolute atomic E-state index is 0.515. The second kappa shape index (κ2) is 7.70. The first-order valence-electron chi connectivity index (χ1n) is 9.04. The number of nitrogens with zero attached hydrogens (tertiary/aromatic N) is 4. The van der Waals surface area contributed by atoms with E-state index in [2.05, 4.69) is 42.6 Å². The van der Waals surface area contributed by atoms with Gasteiger partial charge in [0.1, 0.15) is 5.69 Å². The fraction of sp³-hybridized carbons (Fsp3) is 0.632. The lowest BCUT2D eigenvalue weighted by Gasteiger charge is -2.35. The van der Waals surface area contributed by atoms with E-state index >= 15 is 0 Å². The van der Waals surface area contributed by atoms with Crippen LogP contribution in [-0.2, 0) is 6.42 Å². The van der Waals surface area contributed by atoms with E-state index in [9.17, 15) is 0 Å². The van der Waals surface area contributed by atoms with Crippen molar-refractivity contribution in [3.63, 3.8) is 0 Å². The van der Waals surface area contributed by atoms with Crippen LogP contribution in [0.2, 0.25) is 0 Å². The molecule has 0 radical (unpaired) electrons. The highest BCUT2D eigenvalue weighted by atomic mass is 32.1. The topological polar surface area (TPSA) is 41.9 Å². The lowest BCUT2D eigenvalue weighted by atomic mass is 9.94. The van der Waals surface area contributed by atoms with Crippen molar-refractivity contribution in [2.45, 2.75) is 58.9 Å². The maximum atomic E-state index is 4.73. The standard InChI is InChI=1S/C19H28N4S/c1-13(2)8-19-22-11-18(24-19)17-10-20-16(9-21-17)15-6-5-7-23(12-15)14(3)4/h9-11,13-15H,5-8,12H2,1-4H3/t15-/m0/s1. The van der Waals surface area contributed by atoms with E-state index in [1.54, 1.807) is 11.3 Å². The number of hydrogen-bond acceptors (Lipinski definition) is 5. The molecule has 1 saturated heterocycles. The summed E-state index contributed by atoms with van der Waals surface area (Å²) in [4.78, 5) is 17.6. The van der Waals surface area contributed by atoms with Crippen LogP contribution < -0.4 is 0 Å². The van der Waals surface area contributed by atoms with Gasteiger partial charge in [0.15, 0.2) is 0 Å². The first-order valence-corrected chi connectivity index (χ1v) is 9.85. The molecule has 3 rings (SSSR count). The maximum absolute atomic E-state index is 4.73. The zero-order valence-electron chi connectivity index (χ0n) is 15.2. The molecule has 5 heteroatoms. The summed E-state index contributed by atoms with van der Waals surface area (Å²) < 4.78 is 0. The number of likely N-dealkylation sites (tertiary alicyclic amines) is 1. The molecule has 2 aromatic rings. The predicted molar refractivity (Wildman–Crippen MR) is 100 cm³/mol. The smallest absolute Gasteiger partial charge is 0.100 e. The van der Waals surface area contributed by atoms with Gasteiger partial charge in [0.2, 0.25) is 0 Å². The van der Waals surface area contributed by atoms with E-state index in [1.807, 2.05) is 18.6 Å². The van der Waals surface area contributed by atoms with Gasteiger partial charge in [-0.2, -0.15) is 0 Å². The Morgan fingerprint density at radius 2 is 1.96 bits per heavy atom. The summed E-state index contributed by atoms with van der Waals surface area (Å²) in [5.74, 6) is 1.15. The van der Waals surface area contributed by atoms with Gasteiger partial charge in [0, 0.05) is 37.3 Å². The fourth-order valence-corrected chi connectivity index (χ4v) is 4.36. The van der Waals surface area contributed by atoms with Gasteiger partial charge >= 0.3 is 0 Å². The largest absolute Gasteiger partial charge is 0.300 e. The monoisotopic (exact) mass is 344 g/mol. The molecule has 2 aromatic heterocycles. The Hall–Kier alpha value is -1.33. The molecule has 0 spiro atoms. The van der Waals surface area contributed by atoms with Gasteiger partial charge in [-0.1, -0.05) is 13.8 Å². The SMILES string of the molecule is CC(C)Cc1ncc(-c2cnc([C@H]3CCCN(C(C)C)C3)cn2)s1. The zero-order chi connectivity index (χ0) is 17.1. The van der Waals surface area contributed by atoms with Gasteiger partial charge in [-0.25, -0.2) is 4.98 Å². The Morgan fingerprint density at radius 3 is 2.62 bits per heavy atom. The molecule has 3 heterocycles. The van der Waals surface area contributed by atoms with E-state index in [1.165, 1.54) is 24.4 Å². The molecule has 1 fully saturated rings. The molecule has 0 aromatic carbocycles. The molecule has 0 N–H and O–H groups in total. The molecular formula is C19H28N4S. The van der Waals surface area contributed by atoms with E-state index in [0.717, 1.165) is 29.2 Å². The minimum atomic E-state index is 0.515. The first-order chi connectivity index (χ1) is 11.5. The minimum Gasteiger partial charge on any atom is -0.300 e. The average molecular weight is 345 g/mol. The van der Waals surface area contributed by atoms with E-state index in [0.29, 0.717) is 17.9 Å². The number of aromatic nitrogens is 3. The molecule has 1 aliphatic rings. The molecule has 24 heavy (non-hydrogen) atoms. The van der Waals surface area contributed by atoms with Crippen LogP contribution >= 0.6 is 11.3 Å². The van der Waals surface area contributed by atoms with Gasteiger partial charge in [-0.15, -0.1) is 11.3 Å². The van der Waals surface area contributed by atoms with Crippen molar-refractivity contribution in [1.82, 2.24) is 19.9 Å². The Morgan fingerprint density at radius 1 is 1.12 bits per heavy atom. The third kappa shape index (κ3) is 4.19. The third-order valence-electron chi connectivity index (χ3n) is 4.66. The van der Waals surface area contributed by atoms with E-state index in [4.69, 9.17) is 4.98 Å². The summed E-state index contributed by atoms with van der Waals surface area (Å²) in [6, 6.07) is 0.608. The van der Waals surface area contributed by atoms with E-state index in [-0.39, 0.29) is 0 Å². The molecule has 0 saturated carbocycles. The van der Waals surface area contributed by atoms with Crippen LogP contribution in [0.3, 0.4) is 0 Å². The Balaban J connectivity index is 1.70. The zero-order valence-corrected chi connectivity index (χ0v) is 16.0. The van der Waals surface area contributed by atoms with Gasteiger partial charge < -0.3 is 4.90 Å². The lowest BCUT2D eigenvalue weighted by Crippen LogP contribution is -2.39. The third-order valence-corrected chi connectivity index (χ3v) is 5.70. The summed E-state index contributed by atoms with van der Waals surface area (Å²) in [7, 11) is 0. The van der Waals surface area contributed by atoms with Gasteiger partial charge in [0.05, 0.1) is 21.8 Å². The molecular weight excluding hydrogens is 316 g/mol. The molecule has 0 aliphatic carbocycles. The highest BCUT2D eigenvalue weighted by Gasteiger charge is 2.24. The van der Waals surface area contributed by atoms with Crippen LogP contribution in [-0.4, -0.2) is 39.0 Å². The second-order valence-electron chi connectivity index (χ2n) is 7.47. The van der Waals surface area contributed by atoms with Crippen LogP contribution in [0.25, 0.3) is 10.6 Å². The van der Waals surface area contributed by atoms with Crippen molar-refractivity contribution in [3.8, 4) is 10.6 Å². The van der Waals surface area contributed by atoms with Crippen molar-refractivity contribution in [1.29, 1.82) is 0 Å². The second-order valence-corrected chi connectivity index (χ2v) is 8.59. The maximum Gasteiger partial charge on any atom is 0.100 e. The summed E-state index contributed by atoms with van der Waals surface area (Å²) in [5, 5.41) is 1.19. The number of piperidine rings is 1. The molecule has 0 bridgehead atoms. The van der Waals surface area contributed by atoms with Crippen LogP contribution in [0.5, 0.6) is 0 Å². The Kier molecular flexibility index (Phi) is 5.61. The molecule has 1 aliphatic heterocycles. The first kappa shape index (κ1) is 17.5. The van der Waals surface area contributed by atoms with E-state index < -0.39 is 0 Å². The van der Waals surface area contributed by atoms with Crippen molar-refractivity contribution >= 4 is 11.3 Å². The molecule has 1 atom stereocenters. The summed E-state index contributed by atoms with van der Waals surface area (Å²) >= 11 is 1.74. The van der Waals surface area contributed by atoms with Gasteiger partial charge in [-0.3, -0.25) is 9.97 Å². The van der Waals surface area contributed by atoms with Crippen LogP contribution in [0.15, 0.2) is 18.6 Å². The normalized spacial score (nSPS) is 19.3. The molecule has 130 valence electrons. The predicted octanol–water partition coefficient (Wildman–Crippen LogP) is 4.39. The Bertz CT molecular complexity index is 648. The van der Waals surface area contributed by atoms with Crippen LogP contribution in [0.4, 0.5) is 0 Å². The van der Waals surface area contributed by atoms with Gasteiger partial charge in [-0.05, 0) is 39.2 Å². The highest BCUT2D eigenvalue weighted by molar-refractivity contribution is 7.15. The summed E-state index contributed by atoms with van der Waals surface area (Å²) in [6.07, 6.45) is 9.34. The quantitative estimate of drug-likeness (QED) is 0.807. The van der Waals surface area contributed by atoms with Crippen LogP contribution in [0.1, 0.15) is 57.2 Å². The fourth-order valence-electron chi connectivity index (χ4n) is 3.27. The number of rotatable bonds is 5. The number of hydrogen-bond donors (Lipinski definition) is 0. The average Bonchev–Trinajstić information content (AvgIpc) is 3.03. The van der Waals surface area contributed by atoms with Crippen molar-refractivity contribution in [3.05, 3.63) is 29.3 Å². The van der Waals surface area contributed by atoms with Crippen molar-refractivity contribution in [2.75, 3.05) is 13.1 Å². The highest BCUT2D eigenvalue weighted by Crippen LogP contribution is 2.29. The van der Waals surface area contributed by atoms with Crippen molar-refractivity contribution < 1.29 is 0 Å². The Labute approximate surface area is 149 Å². The van der Waals surface area contributed by atoms with Gasteiger partial charge in [0.25, 0.3) is 0 Å². The lowest BCUT2D eigenvalue weighted by molar-refractivity contribution is 0.166. The molecule has 4 nitrogen and oxygen atoms in total.